The van der Waals surface area contributed by atoms with Gasteiger partial charge in [-0.3, -0.25) is 14.6 Å². The van der Waals surface area contributed by atoms with Crippen LogP contribution in [0.5, 0.6) is 5.75 Å². The predicted molar refractivity (Wildman–Crippen MR) is 77.0 cm³/mol. The Hall–Kier alpha value is -2.89. The van der Waals surface area contributed by atoms with E-state index in [-0.39, 0.29) is 29.7 Å². The summed E-state index contributed by atoms with van der Waals surface area (Å²) in [4.78, 5) is 27.3. The molecule has 0 bridgehead atoms. The zero-order valence-electron chi connectivity index (χ0n) is 11.2. The molecule has 1 aromatic heterocycles. The van der Waals surface area contributed by atoms with Gasteiger partial charge in [0.2, 0.25) is 0 Å². The maximum Gasteiger partial charge on any atom is 0.255 e. The van der Waals surface area contributed by atoms with Crippen LogP contribution in [0.15, 0.2) is 48.8 Å². The lowest BCUT2D eigenvalue weighted by atomic mass is 10.2. The van der Waals surface area contributed by atoms with Crippen LogP contribution in [0.3, 0.4) is 0 Å². The van der Waals surface area contributed by atoms with Crippen LogP contribution < -0.4 is 10.6 Å². The summed E-state index contributed by atoms with van der Waals surface area (Å²) in [6, 6.07) is 9.49. The number of aromatic hydroxyl groups is 1. The van der Waals surface area contributed by atoms with Crippen molar-refractivity contribution in [3.8, 4) is 5.75 Å². The summed E-state index contributed by atoms with van der Waals surface area (Å²) in [7, 11) is 0. The minimum Gasteiger partial charge on any atom is -0.507 e. The highest BCUT2D eigenvalue weighted by atomic mass is 16.3. The van der Waals surface area contributed by atoms with Gasteiger partial charge in [-0.2, -0.15) is 0 Å². The fourth-order valence-corrected chi connectivity index (χ4v) is 1.72. The topological polar surface area (TPSA) is 91.3 Å². The van der Waals surface area contributed by atoms with Crippen LogP contribution in [0, 0.1) is 0 Å². The number of carbonyl (C=O) groups is 2. The van der Waals surface area contributed by atoms with Gasteiger partial charge in [-0.25, -0.2) is 0 Å². The molecule has 108 valence electrons. The average Bonchev–Trinajstić information content (AvgIpc) is 2.52. The summed E-state index contributed by atoms with van der Waals surface area (Å²) in [6.07, 6.45) is 3.07. The predicted octanol–water partition coefficient (Wildman–Crippen LogP) is 0.947. The smallest absolute Gasteiger partial charge is 0.255 e. The number of para-hydroxylation sites is 1. The average molecular weight is 285 g/mol. The SMILES string of the molecule is O=C(NCCNC(=O)c1ccccc1O)c1ccncc1. The number of carbonyl (C=O) groups excluding carboxylic acids is 2. The van der Waals surface area contributed by atoms with E-state index in [0.717, 1.165) is 0 Å². The maximum atomic E-state index is 11.8. The first-order chi connectivity index (χ1) is 10.2. The fourth-order valence-electron chi connectivity index (χ4n) is 1.72. The summed E-state index contributed by atoms with van der Waals surface area (Å²) in [6.45, 7) is 0.560. The van der Waals surface area contributed by atoms with Gasteiger partial charge >= 0.3 is 0 Å². The monoisotopic (exact) mass is 285 g/mol. The lowest BCUT2D eigenvalue weighted by molar-refractivity contribution is 0.0926. The molecule has 0 spiro atoms. The third-order valence-corrected chi connectivity index (χ3v) is 2.79. The van der Waals surface area contributed by atoms with Crippen LogP contribution in [0.2, 0.25) is 0 Å². The molecule has 2 aromatic rings. The Kier molecular flexibility index (Phi) is 4.87. The second-order valence-corrected chi connectivity index (χ2v) is 4.26. The molecule has 0 atom stereocenters. The quantitative estimate of drug-likeness (QED) is 0.713. The third kappa shape index (κ3) is 4.04. The van der Waals surface area contributed by atoms with Crippen molar-refractivity contribution in [3.05, 3.63) is 59.9 Å². The van der Waals surface area contributed by atoms with Crippen molar-refractivity contribution in [2.24, 2.45) is 0 Å². The maximum absolute atomic E-state index is 11.8. The standard InChI is InChI=1S/C15H15N3O3/c19-13-4-2-1-3-12(13)15(21)18-10-9-17-14(20)11-5-7-16-8-6-11/h1-8,19H,9-10H2,(H,17,20)(H,18,21). The van der Waals surface area contributed by atoms with E-state index in [1.54, 1.807) is 24.3 Å². The minimum atomic E-state index is -0.383. The summed E-state index contributed by atoms with van der Waals surface area (Å²) in [5.74, 6) is -0.684. The zero-order valence-corrected chi connectivity index (χ0v) is 11.2. The molecule has 0 aliphatic rings. The van der Waals surface area contributed by atoms with E-state index < -0.39 is 0 Å². The highest BCUT2D eigenvalue weighted by molar-refractivity contribution is 5.97. The number of hydrogen-bond acceptors (Lipinski definition) is 4. The second kappa shape index (κ2) is 7.04. The minimum absolute atomic E-state index is 0.0733. The molecule has 0 saturated carbocycles. The number of pyridine rings is 1. The largest absolute Gasteiger partial charge is 0.507 e. The van der Waals surface area contributed by atoms with Crippen LogP contribution in [-0.2, 0) is 0 Å². The van der Waals surface area contributed by atoms with E-state index in [4.69, 9.17) is 0 Å². The van der Waals surface area contributed by atoms with Crippen LogP contribution >= 0.6 is 0 Å². The number of phenols is 1. The van der Waals surface area contributed by atoms with Crippen molar-refractivity contribution in [1.82, 2.24) is 15.6 Å². The summed E-state index contributed by atoms with van der Waals surface area (Å²) < 4.78 is 0. The number of phenolic OH excluding ortho intramolecular Hbond substituents is 1. The highest BCUT2D eigenvalue weighted by Crippen LogP contribution is 2.14. The van der Waals surface area contributed by atoms with E-state index in [1.807, 2.05) is 0 Å². The van der Waals surface area contributed by atoms with Gasteiger partial charge in [-0.1, -0.05) is 12.1 Å². The molecule has 0 unspecified atom stereocenters. The molecule has 2 rings (SSSR count). The van der Waals surface area contributed by atoms with Gasteiger partial charge < -0.3 is 15.7 Å². The van der Waals surface area contributed by atoms with Crippen molar-refractivity contribution in [3.63, 3.8) is 0 Å². The Labute approximate surface area is 121 Å². The molecule has 1 heterocycles. The first-order valence-electron chi connectivity index (χ1n) is 6.43. The van der Waals surface area contributed by atoms with Gasteiger partial charge in [-0.15, -0.1) is 0 Å². The number of amides is 2. The molecule has 0 fully saturated rings. The highest BCUT2D eigenvalue weighted by Gasteiger charge is 2.09. The van der Waals surface area contributed by atoms with E-state index in [9.17, 15) is 14.7 Å². The molecule has 0 saturated heterocycles. The summed E-state index contributed by atoms with van der Waals surface area (Å²) in [5, 5.41) is 14.8. The molecular weight excluding hydrogens is 270 g/mol. The first kappa shape index (κ1) is 14.5. The molecule has 1 aromatic carbocycles. The van der Waals surface area contributed by atoms with Crippen LogP contribution in [0.1, 0.15) is 20.7 Å². The lowest BCUT2D eigenvalue weighted by Gasteiger charge is -2.08. The van der Waals surface area contributed by atoms with Crippen molar-refractivity contribution in [2.75, 3.05) is 13.1 Å². The van der Waals surface area contributed by atoms with Gasteiger partial charge in [0.1, 0.15) is 5.75 Å². The second-order valence-electron chi connectivity index (χ2n) is 4.26. The van der Waals surface area contributed by atoms with Crippen molar-refractivity contribution in [2.45, 2.75) is 0 Å². The number of benzene rings is 1. The Morgan fingerprint density at radius 2 is 1.57 bits per heavy atom. The molecule has 6 heteroatoms. The van der Waals surface area contributed by atoms with Crippen LogP contribution in [-0.4, -0.2) is 35.0 Å². The van der Waals surface area contributed by atoms with Gasteiger partial charge in [0.25, 0.3) is 11.8 Å². The number of nitrogens with one attached hydrogen (secondary N) is 2. The Morgan fingerprint density at radius 3 is 2.24 bits per heavy atom. The number of aromatic nitrogens is 1. The summed E-state index contributed by atoms with van der Waals surface area (Å²) in [5.41, 5.74) is 0.718. The van der Waals surface area contributed by atoms with Gasteiger partial charge in [-0.05, 0) is 24.3 Å². The van der Waals surface area contributed by atoms with E-state index in [1.165, 1.54) is 24.5 Å². The van der Waals surface area contributed by atoms with Crippen molar-refractivity contribution < 1.29 is 14.7 Å². The third-order valence-electron chi connectivity index (χ3n) is 2.79. The molecule has 21 heavy (non-hydrogen) atoms. The van der Waals surface area contributed by atoms with Gasteiger partial charge in [0.15, 0.2) is 0 Å². The molecule has 0 radical (unpaired) electrons. The van der Waals surface area contributed by atoms with E-state index >= 15 is 0 Å². The van der Waals surface area contributed by atoms with Gasteiger partial charge in [0, 0.05) is 31.0 Å². The Balaban J connectivity index is 1.76. The molecule has 0 aliphatic heterocycles. The zero-order chi connectivity index (χ0) is 15.1. The first-order valence-corrected chi connectivity index (χ1v) is 6.43. The molecule has 0 aliphatic carbocycles. The van der Waals surface area contributed by atoms with Crippen molar-refractivity contribution >= 4 is 11.8 Å². The summed E-state index contributed by atoms with van der Waals surface area (Å²) >= 11 is 0. The number of nitrogens with zero attached hydrogens (tertiary/aromatic N) is 1. The van der Waals surface area contributed by atoms with Crippen LogP contribution in [0.4, 0.5) is 0 Å². The number of rotatable bonds is 5. The molecular formula is C15H15N3O3. The normalized spacial score (nSPS) is 9.90. The van der Waals surface area contributed by atoms with Crippen molar-refractivity contribution in [1.29, 1.82) is 0 Å². The van der Waals surface area contributed by atoms with E-state index in [2.05, 4.69) is 15.6 Å². The lowest BCUT2D eigenvalue weighted by Crippen LogP contribution is -2.34. The van der Waals surface area contributed by atoms with Crippen LogP contribution in [0.25, 0.3) is 0 Å². The van der Waals surface area contributed by atoms with E-state index in [0.29, 0.717) is 12.1 Å². The number of hydrogen-bond donors (Lipinski definition) is 3. The Morgan fingerprint density at radius 1 is 0.952 bits per heavy atom. The Bertz CT molecular complexity index is 629. The fraction of sp³-hybridized carbons (Fsp3) is 0.133. The van der Waals surface area contributed by atoms with Gasteiger partial charge in [0.05, 0.1) is 5.56 Å². The molecule has 2 amide bonds. The molecule has 3 N–H and O–H groups in total. The molecule has 6 nitrogen and oxygen atoms in total.